The van der Waals surface area contributed by atoms with E-state index < -0.39 is 33.1 Å². The van der Waals surface area contributed by atoms with Gasteiger partial charge in [0.05, 0.1) is 35.0 Å². The first-order valence-corrected chi connectivity index (χ1v) is 13.6. The van der Waals surface area contributed by atoms with Crippen LogP contribution in [-0.2, 0) is 29.6 Å². The number of nitrogens with one attached hydrogen (secondary N) is 2. The van der Waals surface area contributed by atoms with Crippen molar-refractivity contribution < 1.29 is 22.7 Å². The minimum absolute atomic E-state index is 0.0244. The number of pyridine rings is 1. The molecule has 2 aromatic heterocycles. The van der Waals surface area contributed by atoms with Crippen LogP contribution in [0.2, 0.25) is 0 Å². The Morgan fingerprint density at radius 3 is 2.59 bits per heavy atom. The van der Waals surface area contributed by atoms with Gasteiger partial charge in [-0.2, -0.15) is 10.4 Å². The summed E-state index contributed by atoms with van der Waals surface area (Å²) < 4.78 is 36.6. The van der Waals surface area contributed by atoms with Crippen molar-refractivity contribution in [3.8, 4) is 6.07 Å². The number of hydrogen-bond donors (Lipinski definition) is 2. The number of rotatable bonds is 6. The second kappa shape index (κ2) is 9.64. The second-order valence-electron chi connectivity index (χ2n) is 10.2. The minimum atomic E-state index is -3.36. The van der Waals surface area contributed by atoms with Gasteiger partial charge in [-0.1, -0.05) is 0 Å². The Morgan fingerprint density at radius 2 is 2.03 bits per heavy atom. The van der Waals surface area contributed by atoms with Crippen molar-refractivity contribution >= 4 is 38.2 Å². The molecule has 37 heavy (non-hydrogen) atoms. The molecule has 196 valence electrons. The standard InChI is InChI=1S/C25H29N5O6S/c1-24(2,3)36-23(32)19-9-11-25(12-13-26,15-35-19)30-18-10-14-27-22(31)20(18)21(29-30)28-16-5-7-17(8-6-16)37(4,33)34/h5-8,10,14,19H,9,11-12,15H2,1-4H3,(H,27,31)(H,28,29)/t19-,25+/m1/s1. The van der Waals surface area contributed by atoms with Gasteiger partial charge in [-0.05, 0) is 63.9 Å². The molecule has 3 heterocycles. The van der Waals surface area contributed by atoms with Crippen LogP contribution in [0.5, 0.6) is 0 Å². The highest BCUT2D eigenvalue weighted by molar-refractivity contribution is 7.90. The summed E-state index contributed by atoms with van der Waals surface area (Å²) in [5, 5.41) is 17.7. The topological polar surface area (TPSA) is 156 Å². The maximum Gasteiger partial charge on any atom is 0.335 e. The number of sulfone groups is 1. The van der Waals surface area contributed by atoms with Crippen molar-refractivity contribution in [2.24, 2.45) is 0 Å². The van der Waals surface area contributed by atoms with E-state index in [4.69, 9.17) is 9.47 Å². The molecule has 3 aromatic rings. The quantitative estimate of drug-likeness (QED) is 0.460. The number of benzene rings is 1. The van der Waals surface area contributed by atoms with Gasteiger partial charge in [0.1, 0.15) is 11.0 Å². The third-order valence-corrected chi connectivity index (χ3v) is 7.23. The molecule has 1 aromatic carbocycles. The number of H-pyrrole nitrogens is 1. The molecule has 2 N–H and O–H groups in total. The summed E-state index contributed by atoms with van der Waals surface area (Å²) in [6, 6.07) is 9.98. The van der Waals surface area contributed by atoms with Crippen molar-refractivity contribution in [2.45, 2.75) is 62.2 Å². The van der Waals surface area contributed by atoms with E-state index in [-0.39, 0.29) is 34.7 Å². The lowest BCUT2D eigenvalue weighted by Crippen LogP contribution is -2.47. The SMILES string of the molecule is CC(C)(C)OC(=O)[C@H]1CC[C@@](CC#N)(n2nc(Nc3ccc(S(C)(=O)=O)cc3)c3c(=O)[nH]ccc32)CO1. The molecule has 2 atom stereocenters. The van der Waals surface area contributed by atoms with E-state index in [1.54, 1.807) is 43.7 Å². The van der Waals surface area contributed by atoms with Crippen LogP contribution in [0.1, 0.15) is 40.0 Å². The van der Waals surface area contributed by atoms with E-state index in [1.165, 1.54) is 18.3 Å². The summed E-state index contributed by atoms with van der Waals surface area (Å²) in [7, 11) is -3.36. The molecule has 4 rings (SSSR count). The van der Waals surface area contributed by atoms with Crippen molar-refractivity contribution in [1.29, 1.82) is 5.26 Å². The number of nitriles is 1. The zero-order chi connectivity index (χ0) is 27.0. The third kappa shape index (κ3) is 5.52. The molecule has 1 saturated heterocycles. The van der Waals surface area contributed by atoms with E-state index in [1.807, 2.05) is 0 Å². The number of nitrogens with zero attached hydrogens (tertiary/aromatic N) is 3. The number of carbonyl (C=O) groups is 1. The Balaban J connectivity index is 1.70. The molecule has 0 saturated carbocycles. The van der Waals surface area contributed by atoms with Gasteiger partial charge >= 0.3 is 5.97 Å². The van der Waals surface area contributed by atoms with Gasteiger partial charge in [0.2, 0.25) is 0 Å². The number of anilines is 2. The number of ether oxygens (including phenoxy) is 2. The fourth-order valence-electron chi connectivity index (χ4n) is 4.34. The third-order valence-electron chi connectivity index (χ3n) is 6.10. The van der Waals surface area contributed by atoms with Crippen LogP contribution in [-0.4, -0.2) is 53.7 Å². The Morgan fingerprint density at radius 1 is 1.32 bits per heavy atom. The molecule has 0 aliphatic carbocycles. The van der Waals surface area contributed by atoms with E-state index in [0.717, 1.165) is 6.26 Å². The normalized spacial score (nSPS) is 20.4. The lowest BCUT2D eigenvalue weighted by molar-refractivity contribution is -0.176. The summed E-state index contributed by atoms with van der Waals surface area (Å²) in [5.74, 6) is -0.213. The van der Waals surface area contributed by atoms with Gasteiger partial charge in [0.15, 0.2) is 21.8 Å². The van der Waals surface area contributed by atoms with Gasteiger partial charge in [-0.25, -0.2) is 13.2 Å². The van der Waals surface area contributed by atoms with Gasteiger partial charge < -0.3 is 19.8 Å². The number of esters is 1. The zero-order valence-corrected chi connectivity index (χ0v) is 21.9. The average molecular weight is 528 g/mol. The van der Waals surface area contributed by atoms with E-state index >= 15 is 0 Å². The van der Waals surface area contributed by atoms with Crippen molar-refractivity contribution in [1.82, 2.24) is 14.8 Å². The summed E-state index contributed by atoms with van der Waals surface area (Å²) in [5.41, 5.74) is -0.926. The number of aromatic amines is 1. The first-order chi connectivity index (χ1) is 17.3. The van der Waals surface area contributed by atoms with Gasteiger partial charge in [0, 0.05) is 18.1 Å². The van der Waals surface area contributed by atoms with Crippen LogP contribution in [0.3, 0.4) is 0 Å². The Hall–Kier alpha value is -3.69. The summed E-state index contributed by atoms with van der Waals surface area (Å²) in [4.78, 5) is 28.2. The molecule has 1 aliphatic rings. The van der Waals surface area contributed by atoms with Crippen LogP contribution in [0.25, 0.3) is 10.9 Å². The van der Waals surface area contributed by atoms with Crippen molar-refractivity contribution in [3.05, 3.63) is 46.9 Å². The van der Waals surface area contributed by atoms with Gasteiger partial charge in [0.25, 0.3) is 5.56 Å². The van der Waals surface area contributed by atoms with E-state index in [9.17, 15) is 23.3 Å². The first kappa shape index (κ1) is 26.4. The largest absolute Gasteiger partial charge is 0.458 e. The minimum Gasteiger partial charge on any atom is -0.458 e. The van der Waals surface area contributed by atoms with Crippen molar-refractivity contribution in [2.75, 3.05) is 18.2 Å². The highest BCUT2D eigenvalue weighted by Crippen LogP contribution is 2.37. The smallest absolute Gasteiger partial charge is 0.335 e. The molecule has 0 amide bonds. The molecule has 1 aliphatic heterocycles. The van der Waals surface area contributed by atoms with Crippen LogP contribution in [0.15, 0.2) is 46.2 Å². The highest BCUT2D eigenvalue weighted by atomic mass is 32.2. The predicted molar refractivity (Wildman–Crippen MR) is 136 cm³/mol. The number of fused-ring (bicyclic) bond motifs is 1. The first-order valence-electron chi connectivity index (χ1n) is 11.7. The predicted octanol–water partition coefficient (Wildman–Crippen LogP) is 3.00. The average Bonchev–Trinajstić information content (AvgIpc) is 3.18. The molecule has 11 nitrogen and oxygen atoms in total. The fourth-order valence-corrected chi connectivity index (χ4v) is 4.97. The van der Waals surface area contributed by atoms with E-state index in [0.29, 0.717) is 24.0 Å². The maximum absolute atomic E-state index is 12.8. The molecule has 0 spiro atoms. The molecular formula is C25H29N5O6S. The Bertz CT molecular complexity index is 1520. The second-order valence-corrected chi connectivity index (χ2v) is 12.2. The zero-order valence-electron chi connectivity index (χ0n) is 21.1. The fraction of sp³-hybridized carbons (Fsp3) is 0.440. The Labute approximate surface area is 214 Å². The van der Waals surface area contributed by atoms with Gasteiger partial charge in [-0.3, -0.25) is 9.48 Å². The Kier molecular flexibility index (Phi) is 6.87. The van der Waals surface area contributed by atoms with Gasteiger partial charge in [-0.15, -0.1) is 0 Å². The maximum atomic E-state index is 12.8. The molecule has 0 bridgehead atoms. The number of hydrogen-bond acceptors (Lipinski definition) is 9. The molecule has 12 heteroatoms. The lowest BCUT2D eigenvalue weighted by Gasteiger charge is -2.39. The lowest BCUT2D eigenvalue weighted by atomic mass is 9.87. The number of carbonyl (C=O) groups excluding carboxylic acids is 1. The molecule has 1 fully saturated rings. The summed E-state index contributed by atoms with van der Waals surface area (Å²) in [6.07, 6.45) is 2.62. The van der Waals surface area contributed by atoms with E-state index in [2.05, 4.69) is 21.5 Å². The molecule has 0 unspecified atom stereocenters. The van der Waals surface area contributed by atoms with Crippen LogP contribution < -0.4 is 10.9 Å². The van der Waals surface area contributed by atoms with Crippen molar-refractivity contribution in [3.63, 3.8) is 0 Å². The van der Waals surface area contributed by atoms with Crippen LogP contribution in [0.4, 0.5) is 11.5 Å². The monoisotopic (exact) mass is 527 g/mol. The van der Waals surface area contributed by atoms with Crippen LogP contribution in [0, 0.1) is 11.3 Å². The molecule has 0 radical (unpaired) electrons. The summed E-state index contributed by atoms with van der Waals surface area (Å²) >= 11 is 0. The highest BCUT2D eigenvalue weighted by Gasteiger charge is 2.43. The number of aromatic nitrogens is 3. The summed E-state index contributed by atoms with van der Waals surface area (Å²) in [6.45, 7) is 5.37. The molecular weight excluding hydrogens is 498 g/mol. The van der Waals surface area contributed by atoms with Crippen LogP contribution >= 0.6 is 0 Å².